The molecule has 1 atom stereocenters. The van der Waals surface area contributed by atoms with Gasteiger partial charge in [0.15, 0.2) is 0 Å². The highest BCUT2D eigenvalue weighted by molar-refractivity contribution is 7.09. The molecule has 1 heterocycles. The van der Waals surface area contributed by atoms with Gasteiger partial charge in [-0.25, -0.2) is 4.98 Å². The number of aromatic nitrogens is 1. The van der Waals surface area contributed by atoms with Crippen molar-refractivity contribution in [2.45, 2.75) is 25.8 Å². The number of methoxy groups -OCH3 is 1. The molecule has 0 aromatic carbocycles. The van der Waals surface area contributed by atoms with E-state index in [1.165, 1.54) is 4.88 Å². The molecule has 1 aromatic rings. The number of hydrogen-bond acceptors (Lipinski definition) is 5. The molecule has 4 nitrogen and oxygen atoms in total. The number of thiazole rings is 1. The number of hydrazine groups is 1. The lowest BCUT2D eigenvalue weighted by atomic mass is 10.1. The first-order valence-electron chi connectivity index (χ1n) is 4.64. The molecule has 0 aliphatic carbocycles. The molecule has 0 fully saturated rings. The van der Waals surface area contributed by atoms with Gasteiger partial charge in [-0.15, -0.1) is 11.3 Å². The number of hydrogen-bond donors (Lipinski definition) is 2. The molecule has 0 amide bonds. The SMILES string of the molecule is COCCCC(NN)c1scnc1C. The van der Waals surface area contributed by atoms with Gasteiger partial charge in [-0.2, -0.15) is 0 Å². The van der Waals surface area contributed by atoms with Crippen molar-refractivity contribution in [2.75, 3.05) is 13.7 Å². The molecule has 80 valence electrons. The van der Waals surface area contributed by atoms with Gasteiger partial charge in [0, 0.05) is 18.6 Å². The molecule has 1 aromatic heterocycles. The molecule has 1 unspecified atom stereocenters. The van der Waals surface area contributed by atoms with Gasteiger partial charge in [-0.1, -0.05) is 0 Å². The number of aryl methyl sites for hydroxylation is 1. The zero-order valence-electron chi connectivity index (χ0n) is 8.62. The number of rotatable bonds is 6. The standard InChI is InChI=1S/C9H17N3OS/c1-7-9(14-6-11-7)8(12-10)4-3-5-13-2/h6,8,12H,3-5,10H2,1-2H3. The van der Waals surface area contributed by atoms with Gasteiger partial charge >= 0.3 is 0 Å². The van der Waals surface area contributed by atoms with Crippen LogP contribution in [0.25, 0.3) is 0 Å². The Bertz CT molecular complexity index is 264. The minimum absolute atomic E-state index is 0.206. The summed E-state index contributed by atoms with van der Waals surface area (Å²) >= 11 is 1.65. The predicted octanol–water partition coefficient (Wildman–Crippen LogP) is 1.38. The van der Waals surface area contributed by atoms with Crippen LogP contribution in [0.5, 0.6) is 0 Å². The van der Waals surface area contributed by atoms with E-state index in [4.69, 9.17) is 10.6 Å². The van der Waals surface area contributed by atoms with Gasteiger partial charge in [-0.3, -0.25) is 11.3 Å². The van der Waals surface area contributed by atoms with Crippen molar-refractivity contribution in [1.29, 1.82) is 0 Å². The van der Waals surface area contributed by atoms with Crippen LogP contribution in [-0.2, 0) is 4.74 Å². The highest BCUT2D eigenvalue weighted by Crippen LogP contribution is 2.24. The number of ether oxygens (including phenoxy) is 1. The molecule has 0 saturated carbocycles. The summed E-state index contributed by atoms with van der Waals surface area (Å²) in [5.74, 6) is 5.50. The maximum atomic E-state index is 5.50. The Morgan fingerprint density at radius 1 is 1.71 bits per heavy atom. The minimum Gasteiger partial charge on any atom is -0.385 e. The van der Waals surface area contributed by atoms with E-state index in [-0.39, 0.29) is 6.04 Å². The normalized spacial score (nSPS) is 13.1. The van der Waals surface area contributed by atoms with Crippen LogP contribution in [0.4, 0.5) is 0 Å². The third-order valence-corrected chi connectivity index (χ3v) is 3.19. The number of nitrogens with one attached hydrogen (secondary N) is 1. The first-order valence-corrected chi connectivity index (χ1v) is 5.52. The average molecular weight is 215 g/mol. The largest absolute Gasteiger partial charge is 0.385 e. The molecule has 1 rings (SSSR count). The molecule has 0 spiro atoms. The minimum atomic E-state index is 0.206. The molecular formula is C9H17N3OS. The van der Waals surface area contributed by atoms with Crippen LogP contribution in [0.15, 0.2) is 5.51 Å². The Labute approximate surface area is 88.5 Å². The highest BCUT2D eigenvalue weighted by atomic mass is 32.1. The maximum absolute atomic E-state index is 5.50. The Kier molecular flexibility index (Phi) is 5.03. The quantitative estimate of drug-likeness (QED) is 0.427. The van der Waals surface area contributed by atoms with E-state index in [2.05, 4.69) is 10.4 Å². The molecular weight excluding hydrogens is 198 g/mol. The topological polar surface area (TPSA) is 60.2 Å². The summed E-state index contributed by atoms with van der Waals surface area (Å²) in [5, 5.41) is 0. The van der Waals surface area contributed by atoms with Crippen molar-refractivity contribution < 1.29 is 4.74 Å². The monoisotopic (exact) mass is 215 g/mol. The van der Waals surface area contributed by atoms with Gasteiger partial charge in [0.25, 0.3) is 0 Å². The lowest BCUT2D eigenvalue weighted by molar-refractivity contribution is 0.189. The average Bonchev–Trinajstić information content (AvgIpc) is 2.60. The molecule has 3 N–H and O–H groups in total. The summed E-state index contributed by atoms with van der Waals surface area (Å²) in [6.45, 7) is 2.78. The lowest BCUT2D eigenvalue weighted by Crippen LogP contribution is -2.28. The van der Waals surface area contributed by atoms with Crippen LogP contribution in [0.2, 0.25) is 0 Å². The van der Waals surface area contributed by atoms with E-state index >= 15 is 0 Å². The van der Waals surface area contributed by atoms with Gasteiger partial charge in [0.2, 0.25) is 0 Å². The van der Waals surface area contributed by atoms with Gasteiger partial charge < -0.3 is 4.74 Å². The first-order chi connectivity index (χ1) is 6.79. The van der Waals surface area contributed by atoms with Crippen molar-refractivity contribution in [3.8, 4) is 0 Å². The molecule has 0 aliphatic rings. The van der Waals surface area contributed by atoms with Crippen molar-refractivity contribution in [1.82, 2.24) is 10.4 Å². The summed E-state index contributed by atoms with van der Waals surface area (Å²) < 4.78 is 5.00. The van der Waals surface area contributed by atoms with Crippen LogP contribution in [-0.4, -0.2) is 18.7 Å². The third kappa shape index (κ3) is 3.02. The van der Waals surface area contributed by atoms with Crippen LogP contribution < -0.4 is 11.3 Å². The molecule has 14 heavy (non-hydrogen) atoms. The molecule has 0 bridgehead atoms. The summed E-state index contributed by atoms with van der Waals surface area (Å²) in [4.78, 5) is 5.43. The van der Waals surface area contributed by atoms with Gasteiger partial charge in [0.1, 0.15) is 0 Å². The summed E-state index contributed by atoms with van der Waals surface area (Å²) in [7, 11) is 1.71. The van der Waals surface area contributed by atoms with Gasteiger partial charge in [-0.05, 0) is 19.8 Å². The van der Waals surface area contributed by atoms with E-state index < -0.39 is 0 Å². The van der Waals surface area contributed by atoms with Crippen molar-refractivity contribution in [3.05, 3.63) is 16.1 Å². The fraction of sp³-hybridized carbons (Fsp3) is 0.667. The lowest BCUT2D eigenvalue weighted by Gasteiger charge is -2.14. The molecule has 0 aliphatic heterocycles. The van der Waals surface area contributed by atoms with Gasteiger partial charge in [0.05, 0.1) is 17.2 Å². The van der Waals surface area contributed by atoms with Crippen LogP contribution in [0.3, 0.4) is 0 Å². The van der Waals surface area contributed by atoms with Crippen LogP contribution >= 0.6 is 11.3 Å². The second-order valence-corrected chi connectivity index (χ2v) is 4.04. The Hall–Kier alpha value is -0.490. The second kappa shape index (κ2) is 6.08. The Morgan fingerprint density at radius 2 is 2.50 bits per heavy atom. The van der Waals surface area contributed by atoms with Crippen molar-refractivity contribution >= 4 is 11.3 Å². The fourth-order valence-electron chi connectivity index (χ4n) is 1.37. The smallest absolute Gasteiger partial charge is 0.0798 e. The third-order valence-electron chi connectivity index (χ3n) is 2.14. The number of nitrogens with zero attached hydrogens (tertiary/aromatic N) is 1. The van der Waals surface area contributed by atoms with E-state index in [1.54, 1.807) is 18.4 Å². The van der Waals surface area contributed by atoms with E-state index in [0.29, 0.717) is 0 Å². The summed E-state index contributed by atoms with van der Waals surface area (Å²) in [6, 6.07) is 0.206. The van der Waals surface area contributed by atoms with Crippen molar-refractivity contribution in [3.63, 3.8) is 0 Å². The Balaban J connectivity index is 2.50. The van der Waals surface area contributed by atoms with Crippen molar-refractivity contribution in [2.24, 2.45) is 5.84 Å². The predicted molar refractivity (Wildman–Crippen MR) is 58.0 cm³/mol. The van der Waals surface area contributed by atoms with E-state index in [1.807, 2.05) is 12.4 Å². The van der Waals surface area contributed by atoms with Crippen LogP contribution in [0, 0.1) is 6.92 Å². The Morgan fingerprint density at radius 3 is 3.00 bits per heavy atom. The highest BCUT2D eigenvalue weighted by Gasteiger charge is 2.13. The zero-order valence-corrected chi connectivity index (χ0v) is 9.43. The number of nitrogens with two attached hydrogens (primary N) is 1. The zero-order chi connectivity index (χ0) is 10.4. The molecule has 5 heteroatoms. The first kappa shape index (κ1) is 11.6. The van der Waals surface area contributed by atoms with E-state index in [9.17, 15) is 0 Å². The summed E-state index contributed by atoms with van der Waals surface area (Å²) in [5.41, 5.74) is 5.74. The molecule has 0 radical (unpaired) electrons. The fourth-order valence-corrected chi connectivity index (χ4v) is 2.27. The summed E-state index contributed by atoms with van der Waals surface area (Å²) in [6.07, 6.45) is 1.98. The second-order valence-electron chi connectivity index (χ2n) is 3.16. The van der Waals surface area contributed by atoms with E-state index in [0.717, 1.165) is 25.1 Å². The van der Waals surface area contributed by atoms with Crippen LogP contribution in [0.1, 0.15) is 29.5 Å². The maximum Gasteiger partial charge on any atom is 0.0798 e. The molecule has 0 saturated heterocycles.